The Morgan fingerprint density at radius 1 is 1.29 bits per heavy atom. The number of hydrogen-bond acceptors (Lipinski definition) is 7. The molecule has 2 N–H and O–H groups in total. The molecule has 2 aliphatic heterocycles. The number of amidine groups is 1. The van der Waals surface area contributed by atoms with E-state index in [4.69, 9.17) is 27.1 Å². The van der Waals surface area contributed by atoms with Crippen molar-refractivity contribution in [3.05, 3.63) is 80.5 Å². The second-order valence-electron chi connectivity index (χ2n) is 11.3. The van der Waals surface area contributed by atoms with Crippen molar-refractivity contribution in [2.24, 2.45) is 27.1 Å². The number of piperidine rings is 1. The van der Waals surface area contributed by atoms with Gasteiger partial charge in [0.05, 0.1) is 35.1 Å². The molecule has 214 valence electrons. The fourth-order valence-corrected chi connectivity index (χ4v) is 7.50. The maximum absolute atomic E-state index is 13.3. The van der Waals surface area contributed by atoms with E-state index in [2.05, 4.69) is 45.9 Å². The third-order valence-electron chi connectivity index (χ3n) is 8.92. The van der Waals surface area contributed by atoms with E-state index in [9.17, 15) is 4.79 Å². The Kier molecular flexibility index (Phi) is 8.05. The summed E-state index contributed by atoms with van der Waals surface area (Å²) in [4.78, 5) is 29.7. The lowest BCUT2D eigenvalue weighted by Gasteiger charge is -2.42. The van der Waals surface area contributed by atoms with Crippen molar-refractivity contribution in [2.45, 2.75) is 50.1 Å². The van der Waals surface area contributed by atoms with Gasteiger partial charge >= 0.3 is 0 Å². The summed E-state index contributed by atoms with van der Waals surface area (Å²) < 4.78 is 7.10. The highest BCUT2D eigenvalue weighted by atomic mass is 35.5. The van der Waals surface area contributed by atoms with Crippen molar-refractivity contribution in [3.8, 4) is 0 Å². The van der Waals surface area contributed by atoms with Crippen LogP contribution >= 0.6 is 23.4 Å². The predicted molar refractivity (Wildman–Crippen MR) is 167 cm³/mol. The first kappa shape index (κ1) is 28.2. The Balaban J connectivity index is 1.15. The van der Waals surface area contributed by atoms with Crippen molar-refractivity contribution in [1.82, 2.24) is 14.5 Å². The van der Waals surface area contributed by atoms with Crippen LogP contribution in [0, 0.1) is 11.3 Å². The first-order valence-electron chi connectivity index (χ1n) is 14.1. The summed E-state index contributed by atoms with van der Waals surface area (Å²) in [7, 11) is 0. The fraction of sp³-hybridized carbons (Fsp3) is 0.419. The maximum atomic E-state index is 13.3. The molecule has 2 atom stereocenters. The Hall–Kier alpha value is -2.98. The van der Waals surface area contributed by atoms with Crippen LogP contribution in [-0.2, 0) is 17.7 Å². The molecule has 6 rings (SSSR count). The zero-order valence-electron chi connectivity index (χ0n) is 23.3. The number of nitrogens with two attached hydrogens (primary N) is 1. The molecular formula is C31H35ClN6O2S. The number of fused-ring (bicyclic) bond motifs is 2. The van der Waals surface area contributed by atoms with E-state index in [0.717, 1.165) is 51.2 Å². The summed E-state index contributed by atoms with van der Waals surface area (Å²) in [6, 6.07) is 12.4. The predicted octanol–water partition coefficient (Wildman–Crippen LogP) is 5.43. The summed E-state index contributed by atoms with van der Waals surface area (Å²) in [5, 5.41) is 1.38. The number of halogens is 1. The minimum absolute atomic E-state index is 0.0914. The van der Waals surface area contributed by atoms with E-state index >= 15 is 0 Å². The van der Waals surface area contributed by atoms with Crippen LogP contribution in [-0.4, -0.2) is 53.3 Å². The van der Waals surface area contributed by atoms with Crippen LogP contribution in [0.5, 0.6) is 0 Å². The van der Waals surface area contributed by atoms with Crippen molar-refractivity contribution in [2.75, 3.05) is 26.3 Å². The number of benzene rings is 2. The molecule has 3 heterocycles. The molecular weight excluding hydrogens is 556 g/mol. The van der Waals surface area contributed by atoms with Gasteiger partial charge in [0.25, 0.3) is 5.56 Å². The summed E-state index contributed by atoms with van der Waals surface area (Å²) in [6.07, 6.45) is 7.38. The lowest BCUT2D eigenvalue weighted by molar-refractivity contribution is 0.127. The van der Waals surface area contributed by atoms with Crippen LogP contribution in [0.1, 0.15) is 43.4 Å². The van der Waals surface area contributed by atoms with Gasteiger partial charge in [0.1, 0.15) is 10.9 Å². The van der Waals surface area contributed by atoms with E-state index in [1.54, 1.807) is 17.1 Å². The molecule has 8 nitrogen and oxygen atoms in total. The number of nitrogens with zero attached hydrogens (tertiary/aromatic N) is 5. The molecule has 0 radical (unpaired) electrons. The number of rotatable bonds is 6. The second-order valence-corrected chi connectivity index (χ2v) is 12.8. The average molecular weight is 591 g/mol. The molecule has 2 fully saturated rings. The van der Waals surface area contributed by atoms with Crippen LogP contribution in [0.15, 0.2) is 73.6 Å². The monoisotopic (exact) mass is 590 g/mol. The molecule has 1 aliphatic carbocycles. The van der Waals surface area contributed by atoms with Crippen molar-refractivity contribution in [1.29, 1.82) is 0 Å². The molecule has 1 aromatic heterocycles. The average Bonchev–Trinajstić information content (AvgIpc) is 3.60. The zero-order valence-corrected chi connectivity index (χ0v) is 24.8. The Bertz CT molecular complexity index is 1590. The van der Waals surface area contributed by atoms with Crippen LogP contribution in [0.3, 0.4) is 0 Å². The van der Waals surface area contributed by atoms with Gasteiger partial charge < -0.3 is 15.4 Å². The second kappa shape index (κ2) is 11.7. The van der Waals surface area contributed by atoms with E-state index in [1.807, 2.05) is 19.1 Å². The van der Waals surface area contributed by atoms with Crippen molar-refractivity contribution < 1.29 is 4.74 Å². The lowest BCUT2D eigenvalue weighted by Crippen LogP contribution is -2.45. The fourth-order valence-electron chi connectivity index (χ4n) is 6.42. The number of ether oxygens (including phenoxy) is 1. The molecule has 0 amide bonds. The highest BCUT2D eigenvalue weighted by molar-refractivity contribution is 8.03. The molecule has 0 saturated carbocycles. The standard InChI is InChI=1S/C31H35ClN6O2S/c1-20(37-12-10-31(11-13-37)15-22-5-3-4-6-23(22)29(31)33)35-16-26(34-2)41-25-8-7-24-27(28(25)32)30(39)38(19-36-24)17-21-9-14-40-18-21/h3-8,16,19,21,29H,2,9-15,17-18,33H2,1H3/b26-16+,35-20?/t21?,29-/m0/s1. The SMILES string of the molecule is C=N/C(=C\N=C(C)N1CCC2(CC1)Cc1ccccc1[C@@H]2N)Sc1ccc2ncn(CC3CCOC3)c(=O)c2c1Cl. The molecule has 10 heteroatoms. The minimum atomic E-state index is -0.145. The number of thioether (sulfide) groups is 1. The topological polar surface area (TPSA) is 98.1 Å². The van der Waals surface area contributed by atoms with Gasteiger partial charge in [-0.3, -0.25) is 14.4 Å². The van der Waals surface area contributed by atoms with Gasteiger partial charge in [-0.05, 0) is 68.0 Å². The summed E-state index contributed by atoms with van der Waals surface area (Å²) in [5.74, 6) is 1.23. The molecule has 41 heavy (non-hydrogen) atoms. The van der Waals surface area contributed by atoms with Gasteiger partial charge in [-0.15, -0.1) is 0 Å². The summed E-state index contributed by atoms with van der Waals surface area (Å²) >= 11 is 8.12. The third-order valence-corrected chi connectivity index (χ3v) is 10.4. The normalized spacial score (nSPS) is 22.5. The third kappa shape index (κ3) is 5.48. The van der Waals surface area contributed by atoms with Gasteiger partial charge in [0.2, 0.25) is 0 Å². The minimum Gasteiger partial charge on any atom is -0.381 e. The van der Waals surface area contributed by atoms with Gasteiger partial charge in [-0.1, -0.05) is 47.6 Å². The number of aliphatic imine (C=N–C) groups is 2. The Morgan fingerprint density at radius 3 is 2.83 bits per heavy atom. The number of aromatic nitrogens is 2. The molecule has 2 saturated heterocycles. The van der Waals surface area contributed by atoms with E-state index in [-0.39, 0.29) is 17.0 Å². The van der Waals surface area contributed by atoms with Crippen LogP contribution in [0.4, 0.5) is 0 Å². The first-order chi connectivity index (χ1) is 19.9. The molecule has 2 aromatic carbocycles. The molecule has 1 spiro atoms. The highest BCUT2D eigenvalue weighted by Gasteiger charge is 2.45. The van der Waals surface area contributed by atoms with Crippen molar-refractivity contribution in [3.63, 3.8) is 0 Å². The van der Waals surface area contributed by atoms with Crippen LogP contribution < -0.4 is 11.3 Å². The van der Waals surface area contributed by atoms with Gasteiger partial charge in [-0.2, -0.15) is 0 Å². The zero-order chi connectivity index (χ0) is 28.6. The highest BCUT2D eigenvalue weighted by Crippen LogP contribution is 2.50. The number of hydrogen-bond donors (Lipinski definition) is 1. The van der Waals surface area contributed by atoms with Gasteiger partial charge in [0.15, 0.2) is 0 Å². The van der Waals surface area contributed by atoms with E-state index < -0.39 is 0 Å². The van der Waals surface area contributed by atoms with Gasteiger partial charge in [-0.25, -0.2) is 9.98 Å². The number of likely N-dealkylation sites (tertiary alicyclic amines) is 1. The van der Waals surface area contributed by atoms with Crippen molar-refractivity contribution >= 4 is 46.8 Å². The lowest BCUT2D eigenvalue weighted by atomic mass is 9.73. The molecule has 3 aromatic rings. The summed E-state index contributed by atoms with van der Waals surface area (Å²) in [6.45, 7) is 9.55. The summed E-state index contributed by atoms with van der Waals surface area (Å²) in [5.41, 5.74) is 10.0. The van der Waals surface area contributed by atoms with E-state index in [0.29, 0.717) is 44.9 Å². The van der Waals surface area contributed by atoms with Crippen LogP contribution in [0.2, 0.25) is 5.02 Å². The largest absolute Gasteiger partial charge is 0.381 e. The first-order valence-corrected chi connectivity index (χ1v) is 15.3. The van der Waals surface area contributed by atoms with E-state index in [1.165, 1.54) is 22.9 Å². The molecule has 3 aliphatic rings. The van der Waals surface area contributed by atoms with Crippen LogP contribution in [0.25, 0.3) is 10.9 Å². The molecule has 1 unspecified atom stereocenters. The smallest absolute Gasteiger partial charge is 0.262 e. The molecule has 0 bridgehead atoms. The maximum Gasteiger partial charge on any atom is 0.262 e. The van der Waals surface area contributed by atoms with Gasteiger partial charge in [0, 0.05) is 43.1 Å². The Morgan fingerprint density at radius 2 is 2.10 bits per heavy atom. The Labute approximate surface area is 249 Å². The quantitative estimate of drug-likeness (QED) is 0.233.